The minimum Gasteiger partial charge on any atom is -0.503 e. The highest BCUT2D eigenvalue weighted by Gasteiger charge is 2.18. The van der Waals surface area contributed by atoms with Crippen molar-refractivity contribution in [2.24, 2.45) is 5.10 Å². The lowest BCUT2D eigenvalue weighted by molar-refractivity contribution is -0.123. The van der Waals surface area contributed by atoms with Crippen LogP contribution in [0.25, 0.3) is 0 Å². The lowest BCUT2D eigenvalue weighted by atomic mass is 9.86. The van der Waals surface area contributed by atoms with Gasteiger partial charge in [0.2, 0.25) is 0 Å². The van der Waals surface area contributed by atoms with Crippen molar-refractivity contribution < 1.29 is 19.4 Å². The molecule has 0 saturated heterocycles. The van der Waals surface area contributed by atoms with E-state index >= 15 is 0 Å². The lowest BCUT2D eigenvalue weighted by Gasteiger charge is -2.22. The molecular formula is C21H25BrN2O4. The zero-order valence-corrected chi connectivity index (χ0v) is 18.0. The molecule has 6 nitrogen and oxygen atoms in total. The molecule has 7 heteroatoms. The minimum atomic E-state index is -0.372. The summed E-state index contributed by atoms with van der Waals surface area (Å²) in [6.45, 7) is 8.37. The van der Waals surface area contributed by atoms with Crippen molar-refractivity contribution in [3.05, 3.63) is 52.0 Å². The van der Waals surface area contributed by atoms with E-state index in [9.17, 15) is 9.90 Å². The Morgan fingerprint density at radius 1 is 1.21 bits per heavy atom. The molecule has 0 aliphatic carbocycles. The molecule has 0 heterocycles. The van der Waals surface area contributed by atoms with E-state index in [0.717, 1.165) is 5.56 Å². The number of amides is 1. The Morgan fingerprint density at radius 3 is 2.61 bits per heavy atom. The van der Waals surface area contributed by atoms with Gasteiger partial charge in [-0.25, -0.2) is 5.43 Å². The highest BCUT2D eigenvalue weighted by molar-refractivity contribution is 9.10. The van der Waals surface area contributed by atoms with Crippen LogP contribution >= 0.6 is 15.9 Å². The summed E-state index contributed by atoms with van der Waals surface area (Å²) in [5, 5.41) is 13.9. The summed E-state index contributed by atoms with van der Waals surface area (Å²) in [4.78, 5) is 12.0. The number of hydrogen-bond donors (Lipinski definition) is 2. The molecule has 0 atom stereocenters. The molecule has 0 unspecified atom stereocenters. The standard InChI is InChI=1S/C21H25BrN2O4/c1-5-27-18-11-14(10-16(22)20(18)26)12-23-24-19(25)13-28-17-9-7-6-8-15(17)21(2,3)4/h6-12,26H,5,13H2,1-4H3,(H,24,25)/b23-12+. The number of nitrogens with one attached hydrogen (secondary N) is 1. The Hall–Kier alpha value is -2.54. The van der Waals surface area contributed by atoms with E-state index in [0.29, 0.717) is 28.1 Å². The van der Waals surface area contributed by atoms with Gasteiger partial charge in [-0.05, 0) is 57.6 Å². The molecule has 2 rings (SSSR count). The maximum absolute atomic E-state index is 12.0. The topological polar surface area (TPSA) is 80.2 Å². The van der Waals surface area contributed by atoms with Gasteiger partial charge in [-0.2, -0.15) is 5.10 Å². The third kappa shape index (κ3) is 5.99. The van der Waals surface area contributed by atoms with Gasteiger partial charge in [-0.15, -0.1) is 0 Å². The number of phenolic OH excluding ortho intramolecular Hbond substituents is 1. The third-order valence-corrected chi connectivity index (χ3v) is 4.41. The van der Waals surface area contributed by atoms with E-state index in [2.05, 4.69) is 47.2 Å². The Kier molecular flexibility index (Phi) is 7.45. The predicted octanol–water partition coefficient (Wildman–Crippen LogP) is 4.38. The molecule has 0 spiro atoms. The summed E-state index contributed by atoms with van der Waals surface area (Å²) >= 11 is 3.26. The zero-order valence-electron chi connectivity index (χ0n) is 16.5. The fourth-order valence-electron chi connectivity index (χ4n) is 2.50. The number of hydrogen-bond acceptors (Lipinski definition) is 5. The highest BCUT2D eigenvalue weighted by Crippen LogP contribution is 2.35. The number of phenols is 1. The average Bonchev–Trinajstić information content (AvgIpc) is 2.63. The Labute approximate surface area is 173 Å². The van der Waals surface area contributed by atoms with Gasteiger partial charge in [0.05, 0.1) is 17.3 Å². The van der Waals surface area contributed by atoms with Crippen LogP contribution in [0.4, 0.5) is 0 Å². The molecule has 0 aliphatic heterocycles. The molecule has 0 aliphatic rings. The van der Waals surface area contributed by atoms with Gasteiger partial charge in [0.1, 0.15) is 5.75 Å². The molecule has 2 N–H and O–H groups in total. The van der Waals surface area contributed by atoms with Crippen LogP contribution in [-0.2, 0) is 10.2 Å². The first-order chi connectivity index (χ1) is 13.2. The van der Waals surface area contributed by atoms with Gasteiger partial charge in [0, 0.05) is 0 Å². The Morgan fingerprint density at radius 2 is 1.93 bits per heavy atom. The van der Waals surface area contributed by atoms with Crippen molar-refractivity contribution in [2.45, 2.75) is 33.1 Å². The maximum Gasteiger partial charge on any atom is 0.277 e. The fraction of sp³-hybridized carbons (Fsp3) is 0.333. The van der Waals surface area contributed by atoms with E-state index in [1.807, 2.05) is 31.2 Å². The molecule has 0 aromatic heterocycles. The highest BCUT2D eigenvalue weighted by atomic mass is 79.9. The van der Waals surface area contributed by atoms with Gasteiger partial charge in [0.15, 0.2) is 18.1 Å². The molecule has 2 aromatic carbocycles. The van der Waals surface area contributed by atoms with Crippen LogP contribution < -0.4 is 14.9 Å². The van der Waals surface area contributed by atoms with Gasteiger partial charge < -0.3 is 14.6 Å². The van der Waals surface area contributed by atoms with E-state index in [-0.39, 0.29) is 23.7 Å². The second-order valence-electron chi connectivity index (χ2n) is 7.11. The first kappa shape index (κ1) is 21.8. The first-order valence-electron chi connectivity index (χ1n) is 8.92. The molecule has 28 heavy (non-hydrogen) atoms. The van der Waals surface area contributed by atoms with Crippen molar-refractivity contribution in [2.75, 3.05) is 13.2 Å². The van der Waals surface area contributed by atoms with Crippen LogP contribution in [0.5, 0.6) is 17.2 Å². The van der Waals surface area contributed by atoms with E-state index in [4.69, 9.17) is 9.47 Å². The van der Waals surface area contributed by atoms with Crippen molar-refractivity contribution in [3.8, 4) is 17.2 Å². The summed E-state index contributed by atoms with van der Waals surface area (Å²) in [5.74, 6) is 0.668. The third-order valence-electron chi connectivity index (χ3n) is 3.81. The van der Waals surface area contributed by atoms with Crippen molar-refractivity contribution in [3.63, 3.8) is 0 Å². The number of carbonyl (C=O) groups is 1. The van der Waals surface area contributed by atoms with Crippen molar-refractivity contribution >= 4 is 28.1 Å². The predicted molar refractivity (Wildman–Crippen MR) is 113 cm³/mol. The Balaban J connectivity index is 1.97. The average molecular weight is 449 g/mol. The van der Waals surface area contributed by atoms with Crippen LogP contribution in [0.15, 0.2) is 46.0 Å². The number of ether oxygens (including phenoxy) is 2. The minimum absolute atomic E-state index is 0.0222. The monoisotopic (exact) mass is 448 g/mol. The smallest absolute Gasteiger partial charge is 0.277 e. The number of nitrogens with zero attached hydrogens (tertiary/aromatic N) is 1. The second kappa shape index (κ2) is 9.59. The summed E-state index contributed by atoms with van der Waals surface area (Å²) in [6, 6.07) is 11.0. The van der Waals surface area contributed by atoms with Crippen LogP contribution in [0, 0.1) is 0 Å². The first-order valence-corrected chi connectivity index (χ1v) is 9.71. The van der Waals surface area contributed by atoms with Crippen LogP contribution in [-0.4, -0.2) is 30.4 Å². The largest absolute Gasteiger partial charge is 0.503 e. The molecule has 0 bridgehead atoms. The van der Waals surface area contributed by atoms with Gasteiger partial charge in [-0.3, -0.25) is 4.79 Å². The number of rotatable bonds is 7. The normalized spacial score (nSPS) is 11.5. The number of halogens is 1. The number of hydrazone groups is 1. The molecule has 0 radical (unpaired) electrons. The quantitative estimate of drug-likeness (QED) is 0.486. The molecule has 0 fully saturated rings. The van der Waals surface area contributed by atoms with E-state index in [1.54, 1.807) is 12.1 Å². The van der Waals surface area contributed by atoms with Gasteiger partial charge in [-0.1, -0.05) is 39.0 Å². The maximum atomic E-state index is 12.0. The summed E-state index contributed by atoms with van der Waals surface area (Å²) in [7, 11) is 0. The number of aromatic hydroxyl groups is 1. The molecule has 1 amide bonds. The summed E-state index contributed by atoms with van der Waals surface area (Å²) < 4.78 is 11.5. The van der Waals surface area contributed by atoms with E-state index in [1.165, 1.54) is 6.21 Å². The molecular weight excluding hydrogens is 424 g/mol. The SMILES string of the molecule is CCOc1cc(/C=N/NC(=O)COc2ccccc2C(C)(C)C)cc(Br)c1O. The van der Waals surface area contributed by atoms with Crippen LogP contribution in [0.3, 0.4) is 0 Å². The number of para-hydroxylation sites is 1. The Bertz CT molecular complexity index is 860. The van der Waals surface area contributed by atoms with Crippen molar-refractivity contribution in [1.82, 2.24) is 5.43 Å². The second-order valence-corrected chi connectivity index (χ2v) is 7.96. The zero-order chi connectivity index (χ0) is 20.7. The van der Waals surface area contributed by atoms with Crippen LogP contribution in [0.1, 0.15) is 38.8 Å². The van der Waals surface area contributed by atoms with Gasteiger partial charge >= 0.3 is 0 Å². The molecule has 0 saturated carbocycles. The number of carbonyl (C=O) groups excluding carboxylic acids is 1. The van der Waals surface area contributed by atoms with Crippen molar-refractivity contribution in [1.29, 1.82) is 0 Å². The number of benzene rings is 2. The fourth-order valence-corrected chi connectivity index (χ4v) is 2.96. The van der Waals surface area contributed by atoms with E-state index < -0.39 is 0 Å². The molecule has 2 aromatic rings. The van der Waals surface area contributed by atoms with Gasteiger partial charge in [0.25, 0.3) is 5.91 Å². The summed E-state index contributed by atoms with van der Waals surface area (Å²) in [6.07, 6.45) is 1.47. The summed E-state index contributed by atoms with van der Waals surface area (Å²) in [5.41, 5.74) is 4.04. The lowest BCUT2D eigenvalue weighted by Crippen LogP contribution is -2.25. The van der Waals surface area contributed by atoms with Crippen LogP contribution in [0.2, 0.25) is 0 Å². The molecule has 150 valence electrons.